The van der Waals surface area contributed by atoms with E-state index < -0.39 is 29.6 Å². The third-order valence-corrected chi connectivity index (χ3v) is 4.46. The summed E-state index contributed by atoms with van der Waals surface area (Å²) in [5.41, 5.74) is 0. The highest BCUT2D eigenvalue weighted by molar-refractivity contribution is 6.02. The first kappa shape index (κ1) is 13.5. The highest BCUT2D eigenvalue weighted by Gasteiger charge is 2.48. The molecule has 0 bridgehead atoms. The molecular formula is C14H17N3O2. The van der Waals surface area contributed by atoms with Crippen LogP contribution in [0.15, 0.2) is 0 Å². The summed E-state index contributed by atoms with van der Waals surface area (Å²) in [4.78, 5) is 23.5. The number of carbonyl (C=O) groups is 2. The Hall–Kier alpha value is -1.88. The molecule has 0 unspecified atom stereocenters. The Morgan fingerprint density at radius 1 is 1.00 bits per heavy atom. The molecule has 1 saturated carbocycles. The molecule has 100 valence electrons. The van der Waals surface area contributed by atoms with E-state index in [0.717, 1.165) is 25.7 Å². The van der Waals surface area contributed by atoms with Gasteiger partial charge in [0.05, 0.1) is 12.1 Å². The van der Waals surface area contributed by atoms with Gasteiger partial charge in [-0.05, 0) is 24.7 Å². The van der Waals surface area contributed by atoms with Gasteiger partial charge in [-0.25, -0.2) is 0 Å². The summed E-state index contributed by atoms with van der Waals surface area (Å²) >= 11 is 0. The molecule has 1 saturated heterocycles. The quantitative estimate of drug-likeness (QED) is 0.719. The Balaban J connectivity index is 2.26. The fourth-order valence-corrected chi connectivity index (χ4v) is 3.32. The Bertz CT molecular complexity index is 434. The molecule has 2 aliphatic rings. The second kappa shape index (κ2) is 5.40. The minimum absolute atomic E-state index is 0.125. The largest absolute Gasteiger partial charge is 0.294 e. The molecule has 19 heavy (non-hydrogen) atoms. The molecule has 1 aliphatic carbocycles. The van der Waals surface area contributed by atoms with Crippen LogP contribution in [0, 0.1) is 52.3 Å². The van der Waals surface area contributed by atoms with Crippen molar-refractivity contribution in [3.63, 3.8) is 0 Å². The van der Waals surface area contributed by atoms with E-state index >= 15 is 0 Å². The topological polar surface area (TPSA) is 93.8 Å². The van der Waals surface area contributed by atoms with Crippen LogP contribution in [-0.2, 0) is 9.59 Å². The van der Waals surface area contributed by atoms with Crippen LogP contribution in [-0.4, -0.2) is 11.8 Å². The minimum atomic E-state index is -0.874. The zero-order valence-electron chi connectivity index (χ0n) is 10.9. The standard InChI is InChI=1S/C14H17N3O2/c1-8-2-4-9(5-3-8)12-10(6-15)13(18)17-14(19)11(12)7-16/h8-12H,2-5H2,1H3,(H,17,18,19)/t8?,9?,10-,11-/m1/s1. The first-order valence-corrected chi connectivity index (χ1v) is 6.72. The van der Waals surface area contributed by atoms with Crippen molar-refractivity contribution < 1.29 is 9.59 Å². The lowest BCUT2D eigenvalue weighted by atomic mass is 9.65. The van der Waals surface area contributed by atoms with E-state index in [-0.39, 0.29) is 5.92 Å². The average molecular weight is 259 g/mol. The van der Waals surface area contributed by atoms with Crippen LogP contribution in [0.1, 0.15) is 32.6 Å². The summed E-state index contributed by atoms with van der Waals surface area (Å²) < 4.78 is 0. The van der Waals surface area contributed by atoms with Crippen LogP contribution in [0.3, 0.4) is 0 Å². The summed E-state index contributed by atoms with van der Waals surface area (Å²) in [7, 11) is 0. The Morgan fingerprint density at radius 2 is 1.47 bits per heavy atom. The van der Waals surface area contributed by atoms with Crippen LogP contribution in [0.5, 0.6) is 0 Å². The molecule has 0 aromatic carbocycles. The van der Waals surface area contributed by atoms with E-state index in [2.05, 4.69) is 12.2 Å². The average Bonchev–Trinajstić information content (AvgIpc) is 2.39. The first-order valence-electron chi connectivity index (χ1n) is 6.72. The van der Waals surface area contributed by atoms with Gasteiger partial charge in [0, 0.05) is 5.92 Å². The molecule has 1 aliphatic heterocycles. The molecule has 0 aromatic rings. The van der Waals surface area contributed by atoms with Crippen LogP contribution in [0.25, 0.3) is 0 Å². The van der Waals surface area contributed by atoms with Crippen LogP contribution in [0.2, 0.25) is 0 Å². The maximum atomic E-state index is 11.8. The van der Waals surface area contributed by atoms with E-state index in [1.165, 1.54) is 0 Å². The van der Waals surface area contributed by atoms with E-state index in [9.17, 15) is 20.1 Å². The van der Waals surface area contributed by atoms with E-state index in [1.807, 2.05) is 12.1 Å². The number of hydrogen-bond acceptors (Lipinski definition) is 4. The maximum Gasteiger partial charge on any atom is 0.244 e. The van der Waals surface area contributed by atoms with Crippen LogP contribution < -0.4 is 5.32 Å². The van der Waals surface area contributed by atoms with Crippen molar-refractivity contribution in [2.24, 2.45) is 29.6 Å². The minimum Gasteiger partial charge on any atom is -0.294 e. The molecule has 2 atom stereocenters. The zero-order valence-corrected chi connectivity index (χ0v) is 10.9. The summed E-state index contributed by atoms with van der Waals surface area (Å²) in [6, 6.07) is 3.96. The lowest BCUT2D eigenvalue weighted by Crippen LogP contribution is -2.53. The highest BCUT2D eigenvalue weighted by atomic mass is 16.2. The lowest BCUT2D eigenvalue weighted by molar-refractivity contribution is -0.141. The molecule has 2 rings (SSSR count). The SMILES string of the molecule is CC1CCC(C2[C@@H](C#N)C(=O)NC(=O)[C@@H]2C#N)CC1. The molecule has 1 heterocycles. The van der Waals surface area contributed by atoms with Crippen LogP contribution in [0.4, 0.5) is 0 Å². The number of nitriles is 2. The van der Waals surface area contributed by atoms with Gasteiger partial charge in [0.15, 0.2) is 0 Å². The van der Waals surface area contributed by atoms with Crippen molar-refractivity contribution in [1.82, 2.24) is 5.32 Å². The number of imide groups is 1. The van der Waals surface area contributed by atoms with E-state index in [1.54, 1.807) is 0 Å². The Kier molecular flexibility index (Phi) is 3.85. The van der Waals surface area contributed by atoms with E-state index in [4.69, 9.17) is 0 Å². The van der Waals surface area contributed by atoms with Gasteiger partial charge in [-0.1, -0.05) is 19.8 Å². The normalized spacial score (nSPS) is 36.2. The second-order valence-corrected chi connectivity index (χ2v) is 5.66. The van der Waals surface area contributed by atoms with Crippen molar-refractivity contribution in [3.8, 4) is 12.1 Å². The molecule has 1 N–H and O–H groups in total. The number of carbonyl (C=O) groups excluding carboxylic acids is 2. The summed E-state index contributed by atoms with van der Waals surface area (Å²) in [6.07, 6.45) is 3.85. The highest BCUT2D eigenvalue weighted by Crippen LogP contribution is 2.41. The van der Waals surface area contributed by atoms with Crippen LogP contribution >= 0.6 is 0 Å². The fourth-order valence-electron chi connectivity index (χ4n) is 3.32. The molecule has 0 radical (unpaired) electrons. The molecule has 5 heteroatoms. The number of piperidine rings is 1. The number of nitrogens with zero attached hydrogens (tertiary/aromatic N) is 2. The molecule has 0 aromatic heterocycles. The Morgan fingerprint density at radius 3 is 1.89 bits per heavy atom. The predicted octanol–water partition coefficient (Wildman–Crippen LogP) is 1.36. The maximum absolute atomic E-state index is 11.8. The van der Waals surface area contributed by atoms with Gasteiger partial charge in [-0.15, -0.1) is 0 Å². The summed E-state index contributed by atoms with van der Waals surface area (Å²) in [5.74, 6) is -2.50. The number of nitrogens with one attached hydrogen (secondary N) is 1. The number of rotatable bonds is 1. The van der Waals surface area contributed by atoms with Gasteiger partial charge >= 0.3 is 0 Å². The smallest absolute Gasteiger partial charge is 0.244 e. The Labute approximate surface area is 112 Å². The van der Waals surface area contributed by atoms with Gasteiger partial charge in [-0.2, -0.15) is 10.5 Å². The predicted molar refractivity (Wildman–Crippen MR) is 66.0 cm³/mol. The van der Waals surface area contributed by atoms with Crippen molar-refractivity contribution in [1.29, 1.82) is 10.5 Å². The summed E-state index contributed by atoms with van der Waals surface area (Å²) in [5, 5.41) is 20.5. The third-order valence-electron chi connectivity index (χ3n) is 4.46. The van der Waals surface area contributed by atoms with Crippen molar-refractivity contribution in [3.05, 3.63) is 0 Å². The molecule has 0 spiro atoms. The zero-order chi connectivity index (χ0) is 14.0. The van der Waals surface area contributed by atoms with Gasteiger partial charge in [0.2, 0.25) is 11.8 Å². The monoisotopic (exact) mass is 259 g/mol. The van der Waals surface area contributed by atoms with Crippen molar-refractivity contribution in [2.75, 3.05) is 0 Å². The summed E-state index contributed by atoms with van der Waals surface area (Å²) in [6.45, 7) is 2.18. The first-order chi connectivity index (χ1) is 9.08. The molecule has 2 amide bonds. The van der Waals surface area contributed by atoms with Crippen molar-refractivity contribution in [2.45, 2.75) is 32.6 Å². The van der Waals surface area contributed by atoms with E-state index in [0.29, 0.717) is 5.92 Å². The van der Waals surface area contributed by atoms with Gasteiger partial charge in [0.1, 0.15) is 11.8 Å². The number of hydrogen-bond donors (Lipinski definition) is 1. The molecule has 2 fully saturated rings. The van der Waals surface area contributed by atoms with Crippen molar-refractivity contribution >= 4 is 11.8 Å². The fraction of sp³-hybridized carbons (Fsp3) is 0.714. The third kappa shape index (κ3) is 2.46. The van der Waals surface area contributed by atoms with Gasteiger partial charge in [0.25, 0.3) is 0 Å². The molecular weight excluding hydrogens is 242 g/mol. The van der Waals surface area contributed by atoms with Gasteiger partial charge in [-0.3, -0.25) is 14.9 Å². The lowest BCUT2D eigenvalue weighted by Gasteiger charge is -2.38. The van der Waals surface area contributed by atoms with Gasteiger partial charge < -0.3 is 0 Å². The molecule has 5 nitrogen and oxygen atoms in total. The second-order valence-electron chi connectivity index (χ2n) is 5.66. The number of amides is 2.